The van der Waals surface area contributed by atoms with Crippen LogP contribution in [0.3, 0.4) is 0 Å². The van der Waals surface area contributed by atoms with Gasteiger partial charge in [-0.15, -0.1) is 24.0 Å². The van der Waals surface area contributed by atoms with Crippen LogP contribution >= 0.6 is 24.0 Å². The minimum absolute atomic E-state index is 0. The van der Waals surface area contributed by atoms with Gasteiger partial charge in [-0.3, -0.25) is 9.78 Å². The number of benzene rings is 1. The number of aromatic nitrogens is 1. The number of carbonyl (C=O) groups excluding carboxylic acids is 1. The largest absolute Gasteiger partial charge is 0.497 e. The van der Waals surface area contributed by atoms with E-state index in [0.29, 0.717) is 36.8 Å². The van der Waals surface area contributed by atoms with Gasteiger partial charge in [0.1, 0.15) is 11.5 Å². The molecule has 0 radical (unpaired) electrons. The summed E-state index contributed by atoms with van der Waals surface area (Å²) in [6.07, 6.45) is 2.37. The molecule has 0 bridgehead atoms. The maximum atomic E-state index is 12.7. The van der Waals surface area contributed by atoms with Gasteiger partial charge in [0.15, 0.2) is 5.96 Å². The third kappa shape index (κ3) is 10.2. The molecule has 2 N–H and O–H groups in total. The van der Waals surface area contributed by atoms with Crippen molar-refractivity contribution < 1.29 is 23.0 Å². The number of aliphatic imine (C=N–C) groups is 1. The number of nitrogens with zero attached hydrogens (tertiary/aromatic N) is 3. The first-order chi connectivity index (χ1) is 15.4. The van der Waals surface area contributed by atoms with E-state index in [4.69, 9.17) is 4.74 Å². The molecule has 0 atom stereocenters. The zero-order valence-electron chi connectivity index (χ0n) is 18.9. The molecule has 11 heteroatoms. The second-order valence-electron chi connectivity index (χ2n) is 6.79. The number of carbonyl (C=O) groups is 1. The zero-order valence-corrected chi connectivity index (χ0v) is 21.2. The maximum absolute atomic E-state index is 12.7. The molecule has 0 saturated carbocycles. The Morgan fingerprint density at radius 3 is 2.67 bits per heavy atom. The standard InChI is InChI=1S/C22H29F2N5O3.HI/c1-4-25-22(27-14-16-13-18(31-3)8-9-19(16)32-21(23)24)28-15-20(30)29(2)12-10-17-7-5-6-11-26-17;/h5-9,11,13,21H,4,10,12,14-15H2,1-3H3,(H2,25,27,28);1H. The number of methoxy groups -OCH3 is 1. The second-order valence-corrected chi connectivity index (χ2v) is 6.79. The Morgan fingerprint density at radius 2 is 2.03 bits per heavy atom. The quantitative estimate of drug-likeness (QED) is 0.243. The number of hydrogen-bond acceptors (Lipinski definition) is 5. The zero-order chi connectivity index (χ0) is 23.3. The number of guanidine groups is 1. The van der Waals surface area contributed by atoms with Crippen molar-refractivity contribution in [3.05, 3.63) is 53.9 Å². The fraction of sp³-hybridized carbons (Fsp3) is 0.409. The van der Waals surface area contributed by atoms with Gasteiger partial charge in [-0.1, -0.05) is 6.07 Å². The topological polar surface area (TPSA) is 88.1 Å². The highest BCUT2D eigenvalue weighted by Gasteiger charge is 2.13. The Hall–Kier alpha value is -2.70. The minimum atomic E-state index is -2.95. The molecule has 2 aromatic rings. The maximum Gasteiger partial charge on any atom is 0.387 e. The Bertz CT molecular complexity index is 888. The van der Waals surface area contributed by atoms with Crippen molar-refractivity contribution in [1.29, 1.82) is 0 Å². The van der Waals surface area contributed by atoms with Crippen LogP contribution in [0, 0.1) is 0 Å². The summed E-state index contributed by atoms with van der Waals surface area (Å²) >= 11 is 0. The van der Waals surface area contributed by atoms with Crippen molar-refractivity contribution >= 4 is 35.8 Å². The molecule has 8 nitrogen and oxygen atoms in total. The van der Waals surface area contributed by atoms with Crippen LogP contribution in [0.1, 0.15) is 18.2 Å². The van der Waals surface area contributed by atoms with E-state index < -0.39 is 6.61 Å². The van der Waals surface area contributed by atoms with E-state index in [0.717, 1.165) is 5.69 Å². The third-order valence-electron chi connectivity index (χ3n) is 4.50. The van der Waals surface area contributed by atoms with Crippen molar-refractivity contribution in [3.63, 3.8) is 0 Å². The van der Waals surface area contributed by atoms with Gasteiger partial charge in [-0.2, -0.15) is 8.78 Å². The molecule has 1 aromatic carbocycles. The van der Waals surface area contributed by atoms with Gasteiger partial charge in [0.2, 0.25) is 5.91 Å². The number of pyridine rings is 1. The SMILES string of the molecule is CCNC(=NCc1cc(OC)ccc1OC(F)F)NCC(=O)N(C)CCc1ccccn1.I. The Morgan fingerprint density at radius 1 is 1.24 bits per heavy atom. The van der Waals surface area contributed by atoms with Crippen molar-refractivity contribution in [2.45, 2.75) is 26.5 Å². The van der Waals surface area contributed by atoms with E-state index in [9.17, 15) is 13.6 Å². The lowest BCUT2D eigenvalue weighted by molar-refractivity contribution is -0.128. The summed E-state index contributed by atoms with van der Waals surface area (Å²) in [5, 5.41) is 6.00. The van der Waals surface area contributed by atoms with Gasteiger partial charge in [-0.25, -0.2) is 4.99 Å². The van der Waals surface area contributed by atoms with Gasteiger partial charge in [-0.05, 0) is 37.3 Å². The first kappa shape index (κ1) is 28.3. The molecule has 0 aliphatic rings. The van der Waals surface area contributed by atoms with E-state index >= 15 is 0 Å². The smallest absolute Gasteiger partial charge is 0.387 e. The summed E-state index contributed by atoms with van der Waals surface area (Å²) in [7, 11) is 3.21. The molecule has 1 aromatic heterocycles. The molecule has 0 aliphatic carbocycles. The predicted octanol–water partition coefficient (Wildman–Crippen LogP) is 3.07. The van der Waals surface area contributed by atoms with Crippen LogP contribution in [0.5, 0.6) is 11.5 Å². The summed E-state index contributed by atoms with van der Waals surface area (Å²) in [5.41, 5.74) is 1.34. The second kappa shape index (κ2) is 15.2. The van der Waals surface area contributed by atoms with Crippen LogP contribution < -0.4 is 20.1 Å². The van der Waals surface area contributed by atoms with Crippen LogP contribution in [0.2, 0.25) is 0 Å². The Balaban J connectivity index is 0.00000544. The summed E-state index contributed by atoms with van der Waals surface area (Å²) in [6, 6.07) is 10.2. The molecule has 33 heavy (non-hydrogen) atoms. The lowest BCUT2D eigenvalue weighted by Gasteiger charge is -2.18. The summed E-state index contributed by atoms with van der Waals surface area (Å²) in [4.78, 5) is 22.7. The van der Waals surface area contributed by atoms with Crippen LogP contribution in [0.25, 0.3) is 0 Å². The highest BCUT2D eigenvalue weighted by molar-refractivity contribution is 14.0. The summed E-state index contributed by atoms with van der Waals surface area (Å²) in [5.74, 6) is 0.782. The first-order valence-electron chi connectivity index (χ1n) is 10.2. The monoisotopic (exact) mass is 577 g/mol. The van der Waals surface area contributed by atoms with Crippen LogP contribution in [0.15, 0.2) is 47.6 Å². The van der Waals surface area contributed by atoms with Crippen molar-refractivity contribution in [1.82, 2.24) is 20.5 Å². The number of amides is 1. The van der Waals surface area contributed by atoms with Crippen molar-refractivity contribution in [2.24, 2.45) is 4.99 Å². The number of rotatable bonds is 11. The van der Waals surface area contributed by atoms with E-state index in [2.05, 4.69) is 25.3 Å². The minimum Gasteiger partial charge on any atom is -0.497 e. The van der Waals surface area contributed by atoms with Gasteiger partial charge < -0.3 is 25.0 Å². The lowest BCUT2D eigenvalue weighted by Crippen LogP contribution is -2.44. The van der Waals surface area contributed by atoms with Crippen molar-refractivity contribution in [3.8, 4) is 11.5 Å². The molecule has 0 saturated heterocycles. The number of ether oxygens (including phenoxy) is 2. The highest BCUT2D eigenvalue weighted by atomic mass is 127. The molecule has 0 aliphatic heterocycles. The molecule has 1 heterocycles. The molecule has 0 fully saturated rings. The number of alkyl halides is 2. The molecule has 0 unspecified atom stereocenters. The van der Waals surface area contributed by atoms with E-state index in [1.54, 1.807) is 24.2 Å². The number of hydrogen-bond donors (Lipinski definition) is 2. The summed E-state index contributed by atoms with van der Waals surface area (Å²) < 4.78 is 35.1. The first-order valence-corrected chi connectivity index (χ1v) is 10.2. The summed E-state index contributed by atoms with van der Waals surface area (Å²) in [6.45, 7) is 0.116. The fourth-order valence-electron chi connectivity index (χ4n) is 2.77. The predicted molar refractivity (Wildman–Crippen MR) is 133 cm³/mol. The van der Waals surface area contributed by atoms with E-state index in [1.165, 1.54) is 19.2 Å². The average Bonchev–Trinajstić information content (AvgIpc) is 2.80. The number of halogens is 3. The Kier molecular flexibility index (Phi) is 13.0. The van der Waals surface area contributed by atoms with Gasteiger partial charge >= 0.3 is 6.61 Å². The molecule has 1 amide bonds. The highest BCUT2D eigenvalue weighted by Crippen LogP contribution is 2.26. The van der Waals surface area contributed by atoms with E-state index in [-0.39, 0.29) is 48.7 Å². The normalized spacial score (nSPS) is 10.9. The molecule has 2 rings (SSSR count). The van der Waals surface area contributed by atoms with Crippen LogP contribution in [0.4, 0.5) is 8.78 Å². The van der Waals surface area contributed by atoms with E-state index in [1.807, 2.05) is 25.1 Å². The van der Waals surface area contributed by atoms with Gasteiger partial charge in [0, 0.05) is 44.0 Å². The lowest BCUT2D eigenvalue weighted by atomic mass is 10.2. The van der Waals surface area contributed by atoms with Gasteiger partial charge in [0.25, 0.3) is 0 Å². The molecule has 182 valence electrons. The number of nitrogens with one attached hydrogen (secondary N) is 2. The molecular formula is C22H30F2IN5O3. The Labute approximate surface area is 209 Å². The third-order valence-corrected chi connectivity index (χ3v) is 4.50. The average molecular weight is 577 g/mol. The van der Waals surface area contributed by atoms with Crippen LogP contribution in [-0.2, 0) is 17.8 Å². The molecular weight excluding hydrogens is 547 g/mol. The molecule has 0 spiro atoms. The number of likely N-dealkylation sites (N-methyl/N-ethyl adjacent to an activating group) is 1. The van der Waals surface area contributed by atoms with Gasteiger partial charge in [0.05, 0.1) is 20.2 Å². The fourth-order valence-corrected chi connectivity index (χ4v) is 2.77. The van der Waals surface area contributed by atoms with Crippen molar-refractivity contribution in [2.75, 3.05) is 33.8 Å². The van der Waals surface area contributed by atoms with Crippen LogP contribution in [-0.4, -0.2) is 62.2 Å².